The van der Waals surface area contributed by atoms with Crippen LogP contribution in [-0.4, -0.2) is 21.4 Å². The zero-order valence-electron chi connectivity index (χ0n) is 11.7. The molecule has 23 heavy (non-hydrogen) atoms. The van der Waals surface area contributed by atoms with Gasteiger partial charge in [0.2, 0.25) is 0 Å². The van der Waals surface area contributed by atoms with Crippen molar-refractivity contribution < 1.29 is 23.5 Å². The Balaban J connectivity index is 2.06. The molecular weight excluding hydrogens is 305 g/mol. The van der Waals surface area contributed by atoms with Gasteiger partial charge in [0.1, 0.15) is 12.4 Å². The molecule has 6 nitrogen and oxygen atoms in total. The van der Waals surface area contributed by atoms with Crippen molar-refractivity contribution in [3.63, 3.8) is 0 Å². The molecule has 7 heteroatoms. The summed E-state index contributed by atoms with van der Waals surface area (Å²) in [5.74, 6) is -2.97. The van der Waals surface area contributed by atoms with Crippen molar-refractivity contribution in [3.05, 3.63) is 70.0 Å². The van der Waals surface area contributed by atoms with Crippen LogP contribution >= 0.6 is 0 Å². The number of aliphatic carboxylic acids is 1. The lowest BCUT2D eigenvalue weighted by atomic mass is 10.0. The van der Waals surface area contributed by atoms with Gasteiger partial charge in [-0.25, -0.2) is 9.18 Å². The van der Waals surface area contributed by atoms with Crippen LogP contribution in [0.25, 0.3) is 11.1 Å². The Morgan fingerprint density at radius 3 is 2.57 bits per heavy atom. The van der Waals surface area contributed by atoms with E-state index in [1.54, 1.807) is 0 Å². The lowest BCUT2D eigenvalue weighted by Crippen LogP contribution is -2.19. The summed E-state index contributed by atoms with van der Waals surface area (Å²) < 4.78 is 19.1. The first-order valence-corrected chi connectivity index (χ1v) is 6.61. The van der Waals surface area contributed by atoms with Crippen LogP contribution in [0.15, 0.2) is 51.7 Å². The fourth-order valence-corrected chi connectivity index (χ4v) is 2.29. The fourth-order valence-electron chi connectivity index (χ4n) is 2.29. The number of carboxylic acid groups (broad SMARTS) is 1. The smallest absolute Gasteiger partial charge is 0.420 e. The standard InChI is InChI=1S/C16H10FNO5/c17-11-3-1-2-9(6-11)15(21)10-4-5-12-13(7-10)23-16(22)18(12)8-14(19)20/h1-7H,8H2,(H,19,20). The van der Waals surface area contributed by atoms with Gasteiger partial charge < -0.3 is 9.52 Å². The number of aromatic nitrogens is 1. The quantitative estimate of drug-likeness (QED) is 0.744. The fraction of sp³-hybridized carbons (Fsp3) is 0.0625. The van der Waals surface area contributed by atoms with E-state index in [0.717, 1.165) is 10.6 Å². The Morgan fingerprint density at radius 1 is 1.13 bits per heavy atom. The van der Waals surface area contributed by atoms with Gasteiger partial charge in [0, 0.05) is 11.1 Å². The highest BCUT2D eigenvalue weighted by Gasteiger charge is 2.16. The average Bonchev–Trinajstić information content (AvgIpc) is 2.81. The van der Waals surface area contributed by atoms with E-state index < -0.39 is 29.9 Å². The molecular formula is C16H10FNO5. The minimum absolute atomic E-state index is 0.0958. The normalized spacial score (nSPS) is 10.8. The molecule has 0 fully saturated rings. The van der Waals surface area contributed by atoms with Gasteiger partial charge >= 0.3 is 11.7 Å². The van der Waals surface area contributed by atoms with E-state index in [9.17, 15) is 18.8 Å². The molecule has 0 aliphatic carbocycles. The number of carbonyl (C=O) groups excluding carboxylic acids is 1. The Labute approximate surface area is 128 Å². The van der Waals surface area contributed by atoms with Crippen molar-refractivity contribution in [1.29, 1.82) is 0 Å². The number of ketones is 1. The number of halogens is 1. The van der Waals surface area contributed by atoms with Crippen LogP contribution in [-0.2, 0) is 11.3 Å². The van der Waals surface area contributed by atoms with E-state index in [2.05, 4.69) is 0 Å². The molecule has 0 aliphatic heterocycles. The molecule has 0 amide bonds. The van der Waals surface area contributed by atoms with Gasteiger partial charge in [-0.1, -0.05) is 12.1 Å². The predicted molar refractivity (Wildman–Crippen MR) is 77.9 cm³/mol. The topological polar surface area (TPSA) is 89.5 Å². The molecule has 2 aromatic carbocycles. The molecule has 0 unspecified atom stereocenters. The minimum Gasteiger partial charge on any atom is -0.480 e. The Morgan fingerprint density at radius 2 is 1.87 bits per heavy atom. The monoisotopic (exact) mass is 315 g/mol. The molecule has 0 atom stereocenters. The molecule has 1 heterocycles. The molecule has 3 aromatic rings. The number of hydrogen-bond acceptors (Lipinski definition) is 4. The molecule has 1 N–H and O–H groups in total. The second-order valence-corrected chi connectivity index (χ2v) is 4.87. The molecule has 0 spiro atoms. The van der Waals surface area contributed by atoms with Gasteiger partial charge in [0.05, 0.1) is 5.52 Å². The van der Waals surface area contributed by atoms with Crippen molar-refractivity contribution in [2.45, 2.75) is 6.54 Å². The first-order chi connectivity index (χ1) is 11.0. The molecule has 0 saturated heterocycles. The van der Waals surface area contributed by atoms with Crippen molar-refractivity contribution >= 4 is 22.9 Å². The molecule has 0 saturated carbocycles. The number of carbonyl (C=O) groups is 2. The maximum atomic E-state index is 13.2. The molecule has 0 bridgehead atoms. The Kier molecular flexibility index (Phi) is 3.53. The third kappa shape index (κ3) is 2.76. The molecule has 1 aromatic heterocycles. The number of oxazole rings is 1. The average molecular weight is 315 g/mol. The summed E-state index contributed by atoms with van der Waals surface area (Å²) in [6.45, 7) is -0.539. The molecule has 0 radical (unpaired) electrons. The van der Waals surface area contributed by atoms with E-state index >= 15 is 0 Å². The van der Waals surface area contributed by atoms with Crippen molar-refractivity contribution in [2.75, 3.05) is 0 Å². The first kappa shape index (κ1) is 14.7. The van der Waals surface area contributed by atoms with Crippen molar-refractivity contribution in [1.82, 2.24) is 4.57 Å². The zero-order valence-corrected chi connectivity index (χ0v) is 11.7. The van der Waals surface area contributed by atoms with Gasteiger partial charge in [-0.3, -0.25) is 14.2 Å². The number of fused-ring (bicyclic) bond motifs is 1. The number of nitrogens with zero attached hydrogens (tertiary/aromatic N) is 1. The van der Waals surface area contributed by atoms with Crippen LogP contribution in [0, 0.1) is 5.82 Å². The third-order valence-electron chi connectivity index (χ3n) is 3.31. The maximum Gasteiger partial charge on any atom is 0.420 e. The highest BCUT2D eigenvalue weighted by molar-refractivity contribution is 6.10. The molecule has 0 aliphatic rings. The van der Waals surface area contributed by atoms with Crippen LogP contribution < -0.4 is 5.76 Å². The summed E-state index contributed by atoms with van der Waals surface area (Å²) in [6, 6.07) is 9.43. The Hall–Kier alpha value is -3.22. The van der Waals surface area contributed by atoms with E-state index in [1.807, 2.05) is 0 Å². The first-order valence-electron chi connectivity index (χ1n) is 6.61. The zero-order chi connectivity index (χ0) is 16.6. The summed E-state index contributed by atoms with van der Waals surface area (Å²) in [5.41, 5.74) is 0.739. The maximum absolute atomic E-state index is 13.2. The van der Waals surface area contributed by atoms with Gasteiger partial charge in [0.25, 0.3) is 0 Å². The molecule has 3 rings (SSSR count). The van der Waals surface area contributed by atoms with Crippen LogP contribution in [0.4, 0.5) is 4.39 Å². The van der Waals surface area contributed by atoms with Crippen molar-refractivity contribution in [2.24, 2.45) is 0 Å². The third-order valence-corrected chi connectivity index (χ3v) is 3.31. The summed E-state index contributed by atoms with van der Waals surface area (Å²) in [6.07, 6.45) is 0. The van der Waals surface area contributed by atoms with Crippen LogP contribution in [0.2, 0.25) is 0 Å². The summed E-state index contributed by atoms with van der Waals surface area (Å²) in [7, 11) is 0. The number of rotatable bonds is 4. The second-order valence-electron chi connectivity index (χ2n) is 4.87. The SMILES string of the molecule is O=C(O)Cn1c(=O)oc2cc(C(=O)c3cccc(F)c3)ccc21. The van der Waals surface area contributed by atoms with Gasteiger partial charge in [-0.2, -0.15) is 0 Å². The number of carboxylic acids is 1. The minimum atomic E-state index is -1.19. The van der Waals surface area contributed by atoms with E-state index in [-0.39, 0.29) is 22.2 Å². The van der Waals surface area contributed by atoms with Crippen LogP contribution in [0.1, 0.15) is 15.9 Å². The number of benzene rings is 2. The van der Waals surface area contributed by atoms with Crippen LogP contribution in [0.5, 0.6) is 0 Å². The predicted octanol–water partition coefficient (Wildman–Crippen LogP) is 2.05. The lowest BCUT2D eigenvalue weighted by Gasteiger charge is -2.02. The van der Waals surface area contributed by atoms with Gasteiger partial charge in [0.15, 0.2) is 11.4 Å². The summed E-state index contributed by atoms with van der Waals surface area (Å²) in [5, 5.41) is 8.80. The van der Waals surface area contributed by atoms with Crippen LogP contribution in [0.3, 0.4) is 0 Å². The van der Waals surface area contributed by atoms with E-state index in [1.165, 1.54) is 36.4 Å². The second kappa shape index (κ2) is 5.53. The highest BCUT2D eigenvalue weighted by Crippen LogP contribution is 2.18. The largest absolute Gasteiger partial charge is 0.480 e. The van der Waals surface area contributed by atoms with E-state index in [4.69, 9.17) is 9.52 Å². The molecule has 116 valence electrons. The number of hydrogen-bond donors (Lipinski definition) is 1. The van der Waals surface area contributed by atoms with Crippen molar-refractivity contribution in [3.8, 4) is 0 Å². The van der Waals surface area contributed by atoms with Gasteiger partial charge in [-0.05, 0) is 30.3 Å². The summed E-state index contributed by atoms with van der Waals surface area (Å²) in [4.78, 5) is 34.8. The summed E-state index contributed by atoms with van der Waals surface area (Å²) >= 11 is 0. The lowest BCUT2D eigenvalue weighted by molar-refractivity contribution is -0.137. The highest BCUT2D eigenvalue weighted by atomic mass is 19.1. The van der Waals surface area contributed by atoms with Gasteiger partial charge in [-0.15, -0.1) is 0 Å². The Bertz CT molecular complexity index is 986. The van der Waals surface area contributed by atoms with E-state index in [0.29, 0.717) is 0 Å².